The van der Waals surface area contributed by atoms with Gasteiger partial charge >= 0.3 is 0 Å². The molecule has 2 rings (SSSR count). The van der Waals surface area contributed by atoms with Gasteiger partial charge in [0, 0.05) is 24.9 Å². The molecular weight excluding hydrogens is 286 g/mol. The van der Waals surface area contributed by atoms with Crippen LogP contribution in [0, 0.1) is 6.92 Å². The van der Waals surface area contributed by atoms with Crippen LogP contribution < -0.4 is 5.32 Å². The lowest BCUT2D eigenvalue weighted by Crippen LogP contribution is -2.15. The normalized spacial score (nSPS) is 12.4. The number of imidazole rings is 1. The summed E-state index contributed by atoms with van der Waals surface area (Å²) in [4.78, 5) is 4.53. The summed E-state index contributed by atoms with van der Waals surface area (Å²) in [6.45, 7) is 5.62. The Morgan fingerprint density at radius 1 is 1.33 bits per heavy atom. The number of aryl methyl sites for hydroxylation is 1. The van der Waals surface area contributed by atoms with Gasteiger partial charge in [-0.2, -0.15) is 0 Å². The van der Waals surface area contributed by atoms with Gasteiger partial charge in [0.15, 0.2) is 0 Å². The standard InChI is InChI=1S/C16H22ClN3O/c1-12-10-20(13(2)11-21-3)16(19-12)18-9-8-14-4-6-15(17)7-5-14/h4-7,10,13H,8-9,11H2,1-3H3,(H,18,19). The van der Waals surface area contributed by atoms with E-state index in [2.05, 4.69) is 33.9 Å². The lowest BCUT2D eigenvalue weighted by atomic mass is 10.1. The molecule has 1 heterocycles. The molecule has 0 bridgehead atoms. The van der Waals surface area contributed by atoms with Gasteiger partial charge in [0.25, 0.3) is 0 Å². The van der Waals surface area contributed by atoms with Gasteiger partial charge in [-0.05, 0) is 38.0 Å². The molecule has 21 heavy (non-hydrogen) atoms. The van der Waals surface area contributed by atoms with Crippen molar-refractivity contribution in [2.45, 2.75) is 26.3 Å². The van der Waals surface area contributed by atoms with Crippen molar-refractivity contribution in [2.24, 2.45) is 0 Å². The van der Waals surface area contributed by atoms with Crippen LogP contribution >= 0.6 is 11.6 Å². The number of benzene rings is 1. The molecule has 0 saturated carbocycles. The van der Waals surface area contributed by atoms with E-state index in [-0.39, 0.29) is 6.04 Å². The predicted molar refractivity (Wildman–Crippen MR) is 87.2 cm³/mol. The van der Waals surface area contributed by atoms with E-state index in [1.165, 1.54) is 5.56 Å². The topological polar surface area (TPSA) is 39.1 Å². The first kappa shape index (κ1) is 15.9. The predicted octanol–water partition coefficient (Wildman–Crippen LogP) is 3.71. The second-order valence-corrected chi connectivity index (χ2v) is 5.66. The molecular formula is C16H22ClN3O. The highest BCUT2D eigenvalue weighted by atomic mass is 35.5. The Kier molecular flexibility index (Phi) is 5.65. The Bertz CT molecular complexity index is 565. The summed E-state index contributed by atoms with van der Waals surface area (Å²) < 4.78 is 7.34. The Hall–Kier alpha value is -1.52. The third-order valence-corrected chi connectivity index (χ3v) is 3.60. The molecule has 1 atom stereocenters. The number of hydrogen-bond donors (Lipinski definition) is 1. The van der Waals surface area contributed by atoms with E-state index in [9.17, 15) is 0 Å². The Labute approximate surface area is 131 Å². The van der Waals surface area contributed by atoms with Gasteiger partial charge in [0.1, 0.15) is 0 Å². The van der Waals surface area contributed by atoms with Crippen molar-refractivity contribution in [1.29, 1.82) is 0 Å². The van der Waals surface area contributed by atoms with Gasteiger partial charge in [-0.15, -0.1) is 0 Å². The molecule has 0 aliphatic carbocycles. The highest BCUT2D eigenvalue weighted by Gasteiger charge is 2.11. The molecule has 114 valence electrons. The van der Waals surface area contributed by atoms with Crippen LogP contribution in [0.5, 0.6) is 0 Å². The number of hydrogen-bond acceptors (Lipinski definition) is 3. The van der Waals surface area contributed by atoms with Crippen LogP contribution in [0.4, 0.5) is 5.95 Å². The van der Waals surface area contributed by atoms with E-state index in [1.54, 1.807) is 7.11 Å². The van der Waals surface area contributed by atoms with Crippen molar-refractivity contribution in [2.75, 3.05) is 25.6 Å². The van der Waals surface area contributed by atoms with E-state index < -0.39 is 0 Å². The number of ether oxygens (including phenoxy) is 1. The van der Waals surface area contributed by atoms with Crippen LogP contribution in [0.2, 0.25) is 5.02 Å². The second kappa shape index (κ2) is 7.48. The Balaban J connectivity index is 1.95. The minimum Gasteiger partial charge on any atom is -0.383 e. The zero-order valence-electron chi connectivity index (χ0n) is 12.8. The van der Waals surface area contributed by atoms with E-state index in [4.69, 9.17) is 16.3 Å². The van der Waals surface area contributed by atoms with Crippen LogP contribution in [0.3, 0.4) is 0 Å². The molecule has 0 amide bonds. The van der Waals surface area contributed by atoms with Crippen molar-refractivity contribution in [1.82, 2.24) is 9.55 Å². The summed E-state index contributed by atoms with van der Waals surface area (Å²) in [6, 6.07) is 8.20. The Morgan fingerprint density at radius 2 is 2.05 bits per heavy atom. The van der Waals surface area contributed by atoms with Crippen LogP contribution in [0.25, 0.3) is 0 Å². The number of nitrogens with one attached hydrogen (secondary N) is 1. The fourth-order valence-electron chi connectivity index (χ4n) is 2.27. The van der Waals surface area contributed by atoms with E-state index in [0.29, 0.717) is 6.61 Å². The molecule has 0 saturated heterocycles. The third kappa shape index (κ3) is 4.48. The molecule has 0 spiro atoms. The summed E-state index contributed by atoms with van der Waals surface area (Å²) >= 11 is 5.89. The maximum atomic E-state index is 5.89. The Morgan fingerprint density at radius 3 is 2.71 bits per heavy atom. The van der Waals surface area contributed by atoms with Gasteiger partial charge in [-0.1, -0.05) is 23.7 Å². The van der Waals surface area contributed by atoms with Crippen LogP contribution in [0.1, 0.15) is 24.2 Å². The number of halogens is 1. The first-order valence-electron chi connectivity index (χ1n) is 7.13. The fourth-order valence-corrected chi connectivity index (χ4v) is 2.40. The average molecular weight is 308 g/mol. The number of aromatic nitrogens is 2. The SMILES string of the molecule is COCC(C)n1cc(C)nc1NCCc1ccc(Cl)cc1. The molecule has 0 aliphatic rings. The summed E-state index contributed by atoms with van der Waals surface area (Å²) in [5.41, 5.74) is 2.26. The molecule has 0 fully saturated rings. The molecule has 5 heteroatoms. The van der Waals surface area contributed by atoms with Gasteiger partial charge in [-0.3, -0.25) is 0 Å². The summed E-state index contributed by atoms with van der Waals surface area (Å²) in [6.07, 6.45) is 2.98. The molecule has 1 N–H and O–H groups in total. The largest absolute Gasteiger partial charge is 0.383 e. The molecule has 1 unspecified atom stereocenters. The summed E-state index contributed by atoms with van der Waals surface area (Å²) in [7, 11) is 1.72. The van der Waals surface area contributed by atoms with Crippen molar-refractivity contribution >= 4 is 17.5 Å². The van der Waals surface area contributed by atoms with Gasteiger partial charge in [0.2, 0.25) is 5.95 Å². The summed E-state index contributed by atoms with van der Waals surface area (Å²) in [5.74, 6) is 0.894. The fraction of sp³-hybridized carbons (Fsp3) is 0.438. The molecule has 0 aliphatic heterocycles. The lowest BCUT2D eigenvalue weighted by Gasteiger charge is -2.16. The number of methoxy groups -OCH3 is 1. The highest BCUT2D eigenvalue weighted by molar-refractivity contribution is 6.30. The number of rotatable bonds is 7. The van der Waals surface area contributed by atoms with Gasteiger partial charge < -0.3 is 14.6 Å². The van der Waals surface area contributed by atoms with Crippen LogP contribution in [0.15, 0.2) is 30.5 Å². The van der Waals surface area contributed by atoms with Crippen molar-refractivity contribution in [3.63, 3.8) is 0 Å². The van der Waals surface area contributed by atoms with Crippen molar-refractivity contribution in [3.8, 4) is 0 Å². The first-order valence-corrected chi connectivity index (χ1v) is 7.50. The molecule has 1 aromatic carbocycles. The monoisotopic (exact) mass is 307 g/mol. The molecule has 4 nitrogen and oxygen atoms in total. The van der Waals surface area contributed by atoms with Gasteiger partial charge in [-0.25, -0.2) is 4.98 Å². The maximum absolute atomic E-state index is 5.89. The lowest BCUT2D eigenvalue weighted by molar-refractivity contribution is 0.163. The molecule has 1 aromatic heterocycles. The smallest absolute Gasteiger partial charge is 0.203 e. The first-order chi connectivity index (χ1) is 10.1. The van der Waals surface area contributed by atoms with Gasteiger partial charge in [0.05, 0.1) is 18.3 Å². The van der Waals surface area contributed by atoms with Crippen LogP contribution in [-0.4, -0.2) is 29.8 Å². The maximum Gasteiger partial charge on any atom is 0.203 e. The van der Waals surface area contributed by atoms with Crippen LogP contribution in [-0.2, 0) is 11.2 Å². The average Bonchev–Trinajstić information content (AvgIpc) is 2.82. The second-order valence-electron chi connectivity index (χ2n) is 5.22. The highest BCUT2D eigenvalue weighted by Crippen LogP contribution is 2.16. The van der Waals surface area contributed by atoms with Crippen molar-refractivity contribution < 1.29 is 4.74 Å². The zero-order valence-corrected chi connectivity index (χ0v) is 13.5. The van der Waals surface area contributed by atoms with Crippen molar-refractivity contribution in [3.05, 3.63) is 46.7 Å². The quantitative estimate of drug-likeness (QED) is 0.847. The zero-order chi connectivity index (χ0) is 15.2. The minimum absolute atomic E-state index is 0.259. The minimum atomic E-state index is 0.259. The molecule has 2 aromatic rings. The van der Waals surface area contributed by atoms with E-state index >= 15 is 0 Å². The third-order valence-electron chi connectivity index (χ3n) is 3.35. The number of anilines is 1. The summed E-state index contributed by atoms with van der Waals surface area (Å²) in [5, 5.41) is 4.17. The number of nitrogens with zero attached hydrogens (tertiary/aromatic N) is 2. The van der Waals surface area contributed by atoms with E-state index in [1.807, 2.05) is 25.3 Å². The molecule has 0 radical (unpaired) electrons. The van der Waals surface area contributed by atoms with E-state index in [0.717, 1.165) is 29.6 Å².